The number of rotatable bonds is 7. The second kappa shape index (κ2) is 9.50. The number of alkyl halides is 3. The highest BCUT2D eigenvalue weighted by atomic mass is 19.4. The molecule has 6 heteroatoms. The lowest BCUT2D eigenvalue weighted by Crippen LogP contribution is -2.09. The van der Waals surface area contributed by atoms with Crippen molar-refractivity contribution in [2.75, 3.05) is 6.61 Å². The number of halogens is 3. The van der Waals surface area contributed by atoms with Crippen LogP contribution in [-0.4, -0.2) is 18.4 Å². The van der Waals surface area contributed by atoms with E-state index >= 15 is 0 Å². The van der Waals surface area contributed by atoms with Crippen molar-refractivity contribution in [3.8, 4) is 0 Å². The Hall–Kier alpha value is -2.63. The second-order valence-electron chi connectivity index (χ2n) is 4.74. The molecule has 0 aliphatic carbocycles. The fourth-order valence-electron chi connectivity index (χ4n) is 1.65. The predicted molar refractivity (Wildman–Crippen MR) is 85.0 cm³/mol. The first-order chi connectivity index (χ1) is 11.3. The monoisotopic (exact) mass is 338 g/mol. The highest BCUT2D eigenvalue weighted by molar-refractivity contribution is 6.03. The van der Waals surface area contributed by atoms with Gasteiger partial charge in [0.05, 0.1) is 5.56 Å². The van der Waals surface area contributed by atoms with E-state index < -0.39 is 29.9 Å². The molecule has 1 aromatic rings. The van der Waals surface area contributed by atoms with E-state index in [0.29, 0.717) is 0 Å². The summed E-state index contributed by atoms with van der Waals surface area (Å²) in [7, 11) is 0. The zero-order valence-electron chi connectivity index (χ0n) is 13.0. The molecule has 0 radical (unpaired) electrons. The average Bonchev–Trinajstić information content (AvgIpc) is 2.52. The standard InChI is InChI=1S/C18H17F3O3/c1-2-3-4-5-11-24-17(23)13-16(22)10-9-14-7-6-8-15(12-14)18(19,20)21/h2-10,12H,11,13H2,1H3. The number of esters is 1. The number of carbonyl (C=O) groups is 2. The average molecular weight is 338 g/mol. The normalized spacial score (nSPS) is 12.3. The summed E-state index contributed by atoms with van der Waals surface area (Å²) in [6, 6.07) is 4.55. The number of ether oxygens (including phenoxy) is 1. The largest absolute Gasteiger partial charge is 0.461 e. The molecule has 1 aromatic carbocycles. The maximum Gasteiger partial charge on any atom is 0.416 e. The van der Waals surface area contributed by atoms with E-state index in [1.807, 2.05) is 6.92 Å². The van der Waals surface area contributed by atoms with Crippen LogP contribution in [0.2, 0.25) is 0 Å². The van der Waals surface area contributed by atoms with Crippen molar-refractivity contribution in [3.05, 3.63) is 65.8 Å². The molecule has 24 heavy (non-hydrogen) atoms. The van der Waals surface area contributed by atoms with Crippen LogP contribution in [-0.2, 0) is 20.5 Å². The third-order valence-electron chi connectivity index (χ3n) is 2.77. The van der Waals surface area contributed by atoms with Crippen LogP contribution in [0.25, 0.3) is 6.08 Å². The van der Waals surface area contributed by atoms with E-state index in [-0.39, 0.29) is 12.2 Å². The molecule has 0 spiro atoms. The van der Waals surface area contributed by atoms with Crippen molar-refractivity contribution in [1.82, 2.24) is 0 Å². The van der Waals surface area contributed by atoms with Gasteiger partial charge in [0.2, 0.25) is 0 Å². The molecule has 0 aliphatic heterocycles. The maximum atomic E-state index is 12.6. The number of carbonyl (C=O) groups excluding carboxylic acids is 2. The van der Waals surface area contributed by atoms with Crippen LogP contribution in [0.5, 0.6) is 0 Å². The lowest BCUT2D eigenvalue weighted by atomic mass is 10.1. The van der Waals surface area contributed by atoms with Gasteiger partial charge < -0.3 is 4.74 Å². The SMILES string of the molecule is CC=CC=CCOC(=O)CC(=O)C=Cc1cccc(C(F)(F)F)c1. The number of benzene rings is 1. The number of hydrogen-bond acceptors (Lipinski definition) is 3. The van der Waals surface area contributed by atoms with Gasteiger partial charge >= 0.3 is 12.1 Å². The van der Waals surface area contributed by atoms with Crippen molar-refractivity contribution in [2.24, 2.45) is 0 Å². The minimum Gasteiger partial charge on any atom is -0.461 e. The van der Waals surface area contributed by atoms with Gasteiger partial charge in [-0.1, -0.05) is 36.4 Å². The molecule has 1 rings (SSSR count). The predicted octanol–water partition coefficient (Wildman–Crippen LogP) is 4.35. The minimum absolute atomic E-state index is 0.0494. The van der Waals surface area contributed by atoms with Gasteiger partial charge in [-0.3, -0.25) is 9.59 Å². The Morgan fingerprint density at radius 3 is 2.62 bits per heavy atom. The van der Waals surface area contributed by atoms with E-state index in [9.17, 15) is 22.8 Å². The van der Waals surface area contributed by atoms with Crippen molar-refractivity contribution in [2.45, 2.75) is 19.5 Å². The van der Waals surface area contributed by atoms with Crippen LogP contribution in [0.4, 0.5) is 13.2 Å². The Morgan fingerprint density at radius 2 is 1.96 bits per heavy atom. The summed E-state index contributed by atoms with van der Waals surface area (Å²) in [5.74, 6) is -1.24. The van der Waals surface area contributed by atoms with Crippen LogP contribution in [0.1, 0.15) is 24.5 Å². The first kappa shape index (κ1) is 19.4. The van der Waals surface area contributed by atoms with Crippen molar-refractivity contribution < 1.29 is 27.5 Å². The molecule has 0 heterocycles. The van der Waals surface area contributed by atoms with Gasteiger partial charge in [-0.25, -0.2) is 0 Å². The van der Waals surface area contributed by atoms with Gasteiger partial charge in [0, 0.05) is 0 Å². The summed E-state index contributed by atoms with van der Waals surface area (Å²) in [6.45, 7) is 1.89. The topological polar surface area (TPSA) is 43.4 Å². The van der Waals surface area contributed by atoms with E-state index in [0.717, 1.165) is 18.2 Å². The van der Waals surface area contributed by atoms with E-state index in [4.69, 9.17) is 4.74 Å². The van der Waals surface area contributed by atoms with Crippen LogP contribution < -0.4 is 0 Å². The van der Waals surface area contributed by atoms with Crippen molar-refractivity contribution in [1.29, 1.82) is 0 Å². The number of allylic oxidation sites excluding steroid dienone is 4. The Morgan fingerprint density at radius 1 is 1.21 bits per heavy atom. The third-order valence-corrected chi connectivity index (χ3v) is 2.77. The Bertz CT molecular complexity index is 656. The molecule has 0 fully saturated rings. The molecule has 0 saturated heterocycles. The molecule has 0 aliphatic rings. The summed E-state index contributed by atoms with van der Waals surface area (Å²) >= 11 is 0. The zero-order valence-corrected chi connectivity index (χ0v) is 13.0. The second-order valence-corrected chi connectivity index (χ2v) is 4.74. The third kappa shape index (κ3) is 7.58. The van der Waals surface area contributed by atoms with Gasteiger partial charge in [-0.15, -0.1) is 0 Å². The highest BCUT2D eigenvalue weighted by Gasteiger charge is 2.30. The number of ketones is 1. The van der Waals surface area contributed by atoms with Gasteiger partial charge in [-0.2, -0.15) is 13.2 Å². The van der Waals surface area contributed by atoms with Crippen molar-refractivity contribution >= 4 is 17.8 Å². The molecule has 3 nitrogen and oxygen atoms in total. The van der Waals surface area contributed by atoms with E-state index in [1.165, 1.54) is 18.2 Å². The van der Waals surface area contributed by atoms with Gasteiger partial charge in [0.15, 0.2) is 5.78 Å². The molecule has 0 aromatic heterocycles. The summed E-state index contributed by atoms with van der Waals surface area (Å²) in [5, 5.41) is 0. The molecule has 0 N–H and O–H groups in total. The lowest BCUT2D eigenvalue weighted by molar-refractivity contribution is -0.144. The highest BCUT2D eigenvalue weighted by Crippen LogP contribution is 2.29. The van der Waals surface area contributed by atoms with E-state index in [1.54, 1.807) is 24.3 Å². The number of hydrogen-bond donors (Lipinski definition) is 0. The van der Waals surface area contributed by atoms with Crippen LogP contribution >= 0.6 is 0 Å². The fraction of sp³-hybridized carbons (Fsp3) is 0.222. The van der Waals surface area contributed by atoms with E-state index in [2.05, 4.69) is 0 Å². The molecule has 0 unspecified atom stereocenters. The maximum absolute atomic E-state index is 12.6. The van der Waals surface area contributed by atoms with Crippen molar-refractivity contribution in [3.63, 3.8) is 0 Å². The molecule has 0 amide bonds. The van der Waals surface area contributed by atoms with Gasteiger partial charge in [-0.05, 0) is 36.8 Å². The first-order valence-electron chi connectivity index (χ1n) is 7.14. The Kier molecular flexibility index (Phi) is 7.68. The quantitative estimate of drug-likeness (QED) is 0.321. The molecule has 0 bridgehead atoms. The summed E-state index contributed by atoms with van der Waals surface area (Å²) in [4.78, 5) is 23.0. The van der Waals surface area contributed by atoms with Crippen LogP contribution in [0.3, 0.4) is 0 Å². The molecule has 0 atom stereocenters. The summed E-state index contributed by atoms with van der Waals surface area (Å²) in [5.41, 5.74) is -0.578. The smallest absolute Gasteiger partial charge is 0.416 e. The minimum atomic E-state index is -4.45. The fourth-order valence-corrected chi connectivity index (χ4v) is 1.65. The van der Waals surface area contributed by atoms with Gasteiger partial charge in [0.25, 0.3) is 0 Å². The molecular weight excluding hydrogens is 321 g/mol. The summed E-state index contributed by atoms with van der Waals surface area (Å²) in [6.07, 6.45) is 4.26. The van der Waals surface area contributed by atoms with Gasteiger partial charge in [0.1, 0.15) is 13.0 Å². The summed E-state index contributed by atoms with van der Waals surface area (Å²) < 4.78 is 42.5. The first-order valence-corrected chi connectivity index (χ1v) is 7.14. The van der Waals surface area contributed by atoms with Crippen LogP contribution in [0, 0.1) is 0 Å². The zero-order chi connectivity index (χ0) is 18.0. The lowest BCUT2D eigenvalue weighted by Gasteiger charge is -2.06. The molecule has 128 valence electrons. The van der Waals surface area contributed by atoms with Crippen LogP contribution in [0.15, 0.2) is 54.6 Å². The Labute approximate surface area is 138 Å². The Balaban J connectivity index is 2.53. The molecule has 0 saturated carbocycles. The molecular formula is C18H17F3O3.